The first-order chi connectivity index (χ1) is 10.7. The second-order valence-electron chi connectivity index (χ2n) is 5.58. The highest BCUT2D eigenvalue weighted by Gasteiger charge is 2.01. The van der Waals surface area contributed by atoms with E-state index < -0.39 is 0 Å². The van der Waals surface area contributed by atoms with E-state index >= 15 is 0 Å². The Morgan fingerprint density at radius 2 is 2.05 bits per heavy atom. The minimum atomic E-state index is 0.146. The number of pyridine rings is 1. The molecule has 0 spiro atoms. The number of aliphatic imine (C=N–C) groups is 1. The molecule has 124 valence electrons. The van der Waals surface area contributed by atoms with E-state index in [0.29, 0.717) is 12.4 Å². The number of aromatic nitrogens is 1. The zero-order chi connectivity index (χ0) is 16.2. The Morgan fingerprint density at radius 1 is 1.23 bits per heavy atom. The SMILES string of the molecule is CCCCCCNC(=NC)NCc1ccc(OC(C)C)nc1. The van der Waals surface area contributed by atoms with Crippen LogP contribution in [0.3, 0.4) is 0 Å². The summed E-state index contributed by atoms with van der Waals surface area (Å²) in [6.45, 7) is 7.86. The molecule has 5 nitrogen and oxygen atoms in total. The second kappa shape index (κ2) is 10.9. The maximum atomic E-state index is 5.53. The third kappa shape index (κ3) is 7.86. The third-order valence-corrected chi connectivity index (χ3v) is 3.16. The molecular weight excluding hydrogens is 276 g/mol. The van der Waals surface area contributed by atoms with Crippen LogP contribution in [0.25, 0.3) is 0 Å². The van der Waals surface area contributed by atoms with Gasteiger partial charge in [0.05, 0.1) is 6.10 Å². The molecule has 1 rings (SSSR count). The lowest BCUT2D eigenvalue weighted by atomic mass is 10.2. The van der Waals surface area contributed by atoms with Crippen molar-refractivity contribution >= 4 is 5.96 Å². The molecule has 2 N–H and O–H groups in total. The summed E-state index contributed by atoms with van der Waals surface area (Å²) < 4.78 is 5.53. The normalized spacial score (nSPS) is 11.6. The Balaban J connectivity index is 2.30. The Labute approximate surface area is 134 Å². The van der Waals surface area contributed by atoms with Crippen molar-refractivity contribution < 1.29 is 4.74 Å². The topological polar surface area (TPSA) is 58.5 Å². The fourth-order valence-corrected chi connectivity index (χ4v) is 1.99. The maximum absolute atomic E-state index is 5.53. The first-order valence-corrected chi connectivity index (χ1v) is 8.21. The van der Waals surface area contributed by atoms with Crippen LogP contribution in [-0.4, -0.2) is 30.6 Å². The molecule has 0 aliphatic carbocycles. The van der Waals surface area contributed by atoms with Gasteiger partial charge in [0.25, 0.3) is 0 Å². The molecule has 0 saturated carbocycles. The molecule has 0 saturated heterocycles. The molecule has 1 heterocycles. The average Bonchev–Trinajstić information content (AvgIpc) is 2.51. The number of hydrogen-bond donors (Lipinski definition) is 2. The number of ether oxygens (including phenoxy) is 1. The molecule has 0 amide bonds. The quantitative estimate of drug-likeness (QED) is 0.418. The van der Waals surface area contributed by atoms with Crippen LogP contribution in [0.5, 0.6) is 5.88 Å². The van der Waals surface area contributed by atoms with Crippen LogP contribution in [0.2, 0.25) is 0 Å². The minimum absolute atomic E-state index is 0.146. The fourth-order valence-electron chi connectivity index (χ4n) is 1.99. The van der Waals surface area contributed by atoms with E-state index in [9.17, 15) is 0 Å². The molecule has 0 unspecified atom stereocenters. The van der Waals surface area contributed by atoms with Crippen LogP contribution in [0.15, 0.2) is 23.3 Å². The van der Waals surface area contributed by atoms with Crippen LogP contribution in [0.4, 0.5) is 0 Å². The van der Waals surface area contributed by atoms with Gasteiger partial charge in [0, 0.05) is 32.4 Å². The number of nitrogens with one attached hydrogen (secondary N) is 2. The molecule has 0 aliphatic rings. The highest BCUT2D eigenvalue weighted by Crippen LogP contribution is 2.09. The first-order valence-electron chi connectivity index (χ1n) is 8.21. The van der Waals surface area contributed by atoms with Crippen LogP contribution < -0.4 is 15.4 Å². The van der Waals surface area contributed by atoms with Gasteiger partial charge < -0.3 is 15.4 Å². The van der Waals surface area contributed by atoms with Crippen molar-refractivity contribution in [3.63, 3.8) is 0 Å². The summed E-state index contributed by atoms with van der Waals surface area (Å²) in [7, 11) is 1.79. The van der Waals surface area contributed by atoms with Crippen molar-refractivity contribution in [2.75, 3.05) is 13.6 Å². The van der Waals surface area contributed by atoms with E-state index in [0.717, 1.165) is 18.1 Å². The third-order valence-electron chi connectivity index (χ3n) is 3.16. The van der Waals surface area contributed by atoms with E-state index in [-0.39, 0.29) is 6.10 Å². The maximum Gasteiger partial charge on any atom is 0.213 e. The van der Waals surface area contributed by atoms with Crippen molar-refractivity contribution in [3.8, 4) is 5.88 Å². The summed E-state index contributed by atoms with van der Waals surface area (Å²) >= 11 is 0. The molecule has 1 aromatic heterocycles. The largest absolute Gasteiger partial charge is 0.475 e. The molecule has 0 bridgehead atoms. The number of nitrogens with zero attached hydrogens (tertiary/aromatic N) is 2. The van der Waals surface area contributed by atoms with E-state index in [1.807, 2.05) is 32.2 Å². The lowest BCUT2D eigenvalue weighted by Crippen LogP contribution is -2.37. The van der Waals surface area contributed by atoms with Crippen molar-refractivity contribution in [2.45, 2.75) is 59.1 Å². The monoisotopic (exact) mass is 306 g/mol. The van der Waals surface area contributed by atoms with Crippen molar-refractivity contribution in [1.29, 1.82) is 0 Å². The van der Waals surface area contributed by atoms with Gasteiger partial charge in [0.15, 0.2) is 5.96 Å². The number of hydrogen-bond acceptors (Lipinski definition) is 3. The summed E-state index contributed by atoms with van der Waals surface area (Å²) in [4.78, 5) is 8.52. The van der Waals surface area contributed by atoms with Crippen molar-refractivity contribution in [1.82, 2.24) is 15.6 Å². The van der Waals surface area contributed by atoms with Gasteiger partial charge in [-0.1, -0.05) is 32.3 Å². The van der Waals surface area contributed by atoms with Gasteiger partial charge in [-0.05, 0) is 25.8 Å². The van der Waals surface area contributed by atoms with E-state index in [4.69, 9.17) is 4.74 Å². The summed E-state index contributed by atoms with van der Waals surface area (Å²) in [5.41, 5.74) is 1.10. The Morgan fingerprint density at radius 3 is 2.64 bits per heavy atom. The van der Waals surface area contributed by atoms with Crippen molar-refractivity contribution in [3.05, 3.63) is 23.9 Å². The number of unbranched alkanes of at least 4 members (excludes halogenated alkanes) is 3. The van der Waals surface area contributed by atoms with Crippen LogP contribution in [-0.2, 0) is 6.54 Å². The predicted molar refractivity (Wildman–Crippen MR) is 92.3 cm³/mol. The number of rotatable bonds is 9. The van der Waals surface area contributed by atoms with E-state index in [1.54, 1.807) is 7.05 Å². The zero-order valence-corrected chi connectivity index (χ0v) is 14.4. The lowest BCUT2D eigenvalue weighted by Gasteiger charge is -2.12. The molecule has 5 heteroatoms. The Hall–Kier alpha value is -1.78. The second-order valence-corrected chi connectivity index (χ2v) is 5.58. The summed E-state index contributed by atoms with van der Waals surface area (Å²) in [5, 5.41) is 6.62. The molecular formula is C17H30N4O. The molecule has 0 radical (unpaired) electrons. The lowest BCUT2D eigenvalue weighted by molar-refractivity contribution is 0.232. The molecule has 0 atom stereocenters. The van der Waals surface area contributed by atoms with Crippen LogP contribution in [0, 0.1) is 0 Å². The summed E-state index contributed by atoms with van der Waals surface area (Å²) in [6.07, 6.45) is 6.98. The molecule has 22 heavy (non-hydrogen) atoms. The van der Waals surface area contributed by atoms with Gasteiger partial charge in [-0.2, -0.15) is 0 Å². The minimum Gasteiger partial charge on any atom is -0.475 e. The molecule has 1 aromatic rings. The predicted octanol–water partition coefficient (Wildman–Crippen LogP) is 3.11. The zero-order valence-electron chi connectivity index (χ0n) is 14.4. The Kier molecular flexibility index (Phi) is 9.03. The standard InChI is InChI=1S/C17H30N4O/c1-5-6-7-8-11-19-17(18-4)21-13-15-9-10-16(20-12-15)22-14(2)3/h9-10,12,14H,5-8,11,13H2,1-4H3,(H2,18,19,21). The smallest absolute Gasteiger partial charge is 0.213 e. The van der Waals surface area contributed by atoms with E-state index in [1.165, 1.54) is 25.7 Å². The highest BCUT2D eigenvalue weighted by molar-refractivity contribution is 5.79. The summed E-state index contributed by atoms with van der Waals surface area (Å²) in [6, 6.07) is 3.92. The van der Waals surface area contributed by atoms with Gasteiger partial charge >= 0.3 is 0 Å². The highest BCUT2D eigenvalue weighted by atomic mass is 16.5. The summed E-state index contributed by atoms with van der Waals surface area (Å²) in [5.74, 6) is 1.50. The van der Waals surface area contributed by atoms with Crippen molar-refractivity contribution in [2.24, 2.45) is 4.99 Å². The average molecular weight is 306 g/mol. The van der Waals surface area contributed by atoms with E-state index in [2.05, 4.69) is 27.5 Å². The van der Waals surface area contributed by atoms with Crippen LogP contribution >= 0.6 is 0 Å². The van der Waals surface area contributed by atoms with Crippen LogP contribution in [0.1, 0.15) is 52.0 Å². The molecule has 0 fully saturated rings. The fraction of sp³-hybridized carbons (Fsp3) is 0.647. The molecule has 0 aromatic carbocycles. The van der Waals surface area contributed by atoms with Gasteiger partial charge in [-0.15, -0.1) is 0 Å². The van der Waals surface area contributed by atoms with Gasteiger partial charge in [0.1, 0.15) is 0 Å². The van der Waals surface area contributed by atoms with Gasteiger partial charge in [-0.25, -0.2) is 4.98 Å². The van der Waals surface area contributed by atoms with Gasteiger partial charge in [-0.3, -0.25) is 4.99 Å². The number of guanidine groups is 1. The Bertz CT molecular complexity index is 429. The molecule has 0 aliphatic heterocycles. The van der Waals surface area contributed by atoms with Gasteiger partial charge in [0.2, 0.25) is 5.88 Å². The first kappa shape index (κ1) is 18.3.